The van der Waals surface area contributed by atoms with E-state index >= 15 is 0 Å². The number of anilines is 2. The topological polar surface area (TPSA) is 237 Å². The van der Waals surface area contributed by atoms with Crippen LogP contribution in [0.1, 0.15) is 90.9 Å². The lowest BCUT2D eigenvalue weighted by atomic mass is 9.93. The summed E-state index contributed by atoms with van der Waals surface area (Å²) in [6.07, 6.45) is 3.44. The van der Waals surface area contributed by atoms with Gasteiger partial charge in [-0.2, -0.15) is 0 Å². The number of nitrogens with one attached hydrogen (secondary N) is 4. The molecule has 17 heteroatoms. The molecule has 17 nitrogen and oxygen atoms in total. The van der Waals surface area contributed by atoms with Crippen LogP contribution in [0, 0.1) is 16.7 Å². The number of rotatable bonds is 17. The van der Waals surface area contributed by atoms with Gasteiger partial charge in [0.25, 0.3) is 0 Å². The van der Waals surface area contributed by atoms with Crippen molar-refractivity contribution in [3.63, 3.8) is 0 Å². The molecule has 0 radical (unpaired) electrons. The fourth-order valence-electron chi connectivity index (χ4n) is 8.07. The number of likely N-dealkylation sites (N-methyl/N-ethyl adjacent to an activating group) is 1. The molecule has 0 bridgehead atoms. The van der Waals surface area contributed by atoms with Crippen molar-refractivity contribution in [2.45, 2.75) is 83.5 Å². The Balaban J connectivity index is 1.09. The summed E-state index contributed by atoms with van der Waals surface area (Å²) in [4.78, 5) is 80.9. The molecular formula is C46H58N8O9. The van der Waals surface area contributed by atoms with Gasteiger partial charge in [-0.05, 0) is 80.7 Å². The number of phenols is 2. The van der Waals surface area contributed by atoms with Gasteiger partial charge in [-0.15, -0.1) is 0 Å². The highest BCUT2D eigenvalue weighted by Gasteiger charge is 2.32. The maximum Gasteiger partial charge on any atom is 0.411 e. The number of carbonyl (C=O) groups is 6. The van der Waals surface area contributed by atoms with Crippen molar-refractivity contribution in [3.8, 4) is 11.5 Å². The zero-order chi connectivity index (χ0) is 45.8. The number of amidine groups is 2. The Morgan fingerprint density at radius 2 is 1.62 bits per heavy atom. The summed E-state index contributed by atoms with van der Waals surface area (Å²) in [6, 6.07) is 14.1. The van der Waals surface area contributed by atoms with E-state index in [1.165, 1.54) is 13.1 Å². The third kappa shape index (κ3) is 12.1. The molecule has 1 atom stereocenters. The number of hydrogen-bond donors (Lipinski definition) is 6. The molecular weight excluding hydrogens is 809 g/mol. The van der Waals surface area contributed by atoms with Gasteiger partial charge in [0.1, 0.15) is 36.0 Å². The SMILES string of the molecule is CNC(=O)CCC(C=O)N(C)Cc1c(C=O)cccc1NC(=O)OC1CCN(C(=O)C2CCN(Cc3ccc(N(C(=N)C=O)C(=N)c4cc(C(C)C)c(O)cc4O)cc3)CC2)CC1. The Labute approximate surface area is 367 Å². The third-order valence-corrected chi connectivity index (χ3v) is 11.8. The van der Waals surface area contributed by atoms with Crippen LogP contribution >= 0.6 is 0 Å². The average molecular weight is 867 g/mol. The summed E-state index contributed by atoms with van der Waals surface area (Å²) in [7, 11) is 3.24. The molecule has 3 aromatic carbocycles. The van der Waals surface area contributed by atoms with E-state index in [9.17, 15) is 39.0 Å². The van der Waals surface area contributed by atoms with Crippen molar-refractivity contribution in [2.75, 3.05) is 50.5 Å². The van der Waals surface area contributed by atoms with Crippen molar-refractivity contribution in [1.82, 2.24) is 20.0 Å². The number of aldehydes is 3. The second-order valence-corrected chi connectivity index (χ2v) is 16.4. The molecule has 3 amide bonds. The average Bonchev–Trinajstić information content (AvgIpc) is 3.27. The first-order valence-electron chi connectivity index (χ1n) is 21.2. The molecule has 63 heavy (non-hydrogen) atoms. The Hall–Kier alpha value is -6.46. The van der Waals surface area contributed by atoms with Gasteiger partial charge in [0.2, 0.25) is 11.8 Å². The first kappa shape index (κ1) is 47.6. The predicted molar refractivity (Wildman–Crippen MR) is 238 cm³/mol. The predicted octanol–water partition coefficient (Wildman–Crippen LogP) is 5.02. The number of piperidine rings is 2. The highest BCUT2D eigenvalue weighted by atomic mass is 16.6. The minimum atomic E-state index is -0.688. The summed E-state index contributed by atoms with van der Waals surface area (Å²) < 4.78 is 5.75. The van der Waals surface area contributed by atoms with E-state index in [1.807, 2.05) is 30.9 Å². The monoisotopic (exact) mass is 866 g/mol. The summed E-state index contributed by atoms with van der Waals surface area (Å²) in [5.41, 5.74) is 3.17. The molecule has 6 N–H and O–H groups in total. The molecule has 0 aliphatic carbocycles. The van der Waals surface area contributed by atoms with Gasteiger partial charge >= 0.3 is 6.09 Å². The molecule has 2 saturated heterocycles. The fraction of sp³-hybridized carbons (Fsp3) is 0.435. The summed E-state index contributed by atoms with van der Waals surface area (Å²) >= 11 is 0. The van der Waals surface area contributed by atoms with E-state index in [1.54, 1.807) is 42.3 Å². The quantitative estimate of drug-likeness (QED) is 0.0596. The van der Waals surface area contributed by atoms with Gasteiger partial charge in [-0.3, -0.25) is 50.0 Å². The lowest BCUT2D eigenvalue weighted by Gasteiger charge is -2.37. The zero-order valence-corrected chi connectivity index (χ0v) is 36.3. The molecule has 5 rings (SSSR count). The van der Waals surface area contributed by atoms with Crippen molar-refractivity contribution >= 4 is 59.8 Å². The van der Waals surface area contributed by atoms with E-state index in [0.29, 0.717) is 99.0 Å². The van der Waals surface area contributed by atoms with Crippen molar-refractivity contribution < 1.29 is 43.7 Å². The van der Waals surface area contributed by atoms with Crippen LogP contribution < -0.4 is 15.5 Å². The van der Waals surface area contributed by atoms with Gasteiger partial charge in [0.15, 0.2) is 12.1 Å². The first-order chi connectivity index (χ1) is 30.2. The van der Waals surface area contributed by atoms with Crippen LogP contribution in [0.15, 0.2) is 54.6 Å². The van der Waals surface area contributed by atoms with Crippen molar-refractivity contribution in [3.05, 3.63) is 82.4 Å². The number of nitrogens with zero attached hydrogens (tertiary/aromatic N) is 4. The summed E-state index contributed by atoms with van der Waals surface area (Å²) in [6.45, 7) is 6.81. The first-order valence-corrected chi connectivity index (χ1v) is 21.2. The number of phenolic OH excluding ortho intramolecular Hbond substituents is 2. The van der Waals surface area contributed by atoms with E-state index in [4.69, 9.17) is 15.6 Å². The summed E-state index contributed by atoms with van der Waals surface area (Å²) in [5.74, 6) is -1.56. The number of carbonyl (C=O) groups excluding carboxylic acids is 6. The molecule has 336 valence electrons. The van der Waals surface area contributed by atoms with Crippen LogP contribution in [0.4, 0.5) is 16.2 Å². The van der Waals surface area contributed by atoms with Gasteiger partial charge in [0, 0.05) is 87.0 Å². The number of ether oxygens (including phenoxy) is 1. The smallest absolute Gasteiger partial charge is 0.411 e. The highest BCUT2D eigenvalue weighted by Crippen LogP contribution is 2.34. The normalized spacial score (nSPS) is 15.4. The molecule has 2 aliphatic rings. The number of hydrogen-bond acceptors (Lipinski definition) is 13. The van der Waals surface area contributed by atoms with Gasteiger partial charge < -0.3 is 30.0 Å². The van der Waals surface area contributed by atoms with Crippen molar-refractivity contribution in [2.24, 2.45) is 5.92 Å². The van der Waals surface area contributed by atoms with E-state index < -0.39 is 24.1 Å². The van der Waals surface area contributed by atoms with Crippen LogP contribution in [0.25, 0.3) is 0 Å². The molecule has 0 spiro atoms. The Morgan fingerprint density at radius 1 is 0.937 bits per heavy atom. The highest BCUT2D eigenvalue weighted by molar-refractivity contribution is 6.41. The minimum absolute atomic E-state index is 0.0728. The van der Waals surface area contributed by atoms with Crippen LogP contribution in [0.3, 0.4) is 0 Å². The standard InChI is InChI=1S/C46H58N8O9/c1-29(2)36-22-37(41(59)23-40(36)58)44(48)54(42(47)28-57)33-10-8-30(9-11-33)24-52-18-14-31(15-19-52)45(61)53-20-16-35(17-21-53)63-46(62)50-39-7-5-6-32(26-55)38(39)25-51(4)34(27-56)12-13-43(60)49-3/h5-11,22-23,26-29,31,34-35,47-48,58-59H,12-21,24-25H2,1-4H3,(H,49,60)(H,50,62). The van der Waals surface area contributed by atoms with E-state index in [2.05, 4.69) is 15.5 Å². The molecule has 2 fully saturated rings. The molecule has 3 aromatic rings. The Morgan fingerprint density at radius 3 is 2.22 bits per heavy atom. The number of aromatic hydroxyl groups is 2. The molecule has 0 aromatic heterocycles. The maximum absolute atomic E-state index is 13.6. The van der Waals surface area contributed by atoms with Crippen LogP contribution in [-0.4, -0.2) is 126 Å². The molecule has 2 aliphatic heterocycles. The lowest BCUT2D eigenvalue weighted by molar-refractivity contribution is -0.139. The molecule has 2 heterocycles. The largest absolute Gasteiger partial charge is 0.508 e. The minimum Gasteiger partial charge on any atom is -0.508 e. The van der Waals surface area contributed by atoms with Gasteiger partial charge in [0.05, 0.1) is 11.6 Å². The number of amides is 3. The molecule has 1 unspecified atom stereocenters. The second-order valence-electron chi connectivity index (χ2n) is 16.4. The molecule has 0 saturated carbocycles. The zero-order valence-electron chi connectivity index (χ0n) is 36.3. The summed E-state index contributed by atoms with van der Waals surface area (Å²) in [5, 5.41) is 43.3. The fourth-order valence-corrected chi connectivity index (χ4v) is 8.07. The lowest BCUT2D eigenvalue weighted by Crippen LogP contribution is -2.46. The van der Waals surface area contributed by atoms with Gasteiger partial charge in [-0.1, -0.05) is 38.1 Å². The van der Waals surface area contributed by atoms with E-state index in [-0.39, 0.29) is 65.9 Å². The third-order valence-electron chi connectivity index (χ3n) is 11.8. The Bertz CT molecular complexity index is 2160. The maximum atomic E-state index is 13.6. The van der Waals surface area contributed by atoms with Crippen LogP contribution in [-0.2, 0) is 37.0 Å². The van der Waals surface area contributed by atoms with Crippen LogP contribution in [0.2, 0.25) is 0 Å². The Kier molecular flexibility index (Phi) is 16.7. The van der Waals surface area contributed by atoms with E-state index in [0.717, 1.165) is 22.8 Å². The van der Waals surface area contributed by atoms with Crippen LogP contribution in [0.5, 0.6) is 11.5 Å². The number of benzene rings is 3. The number of likely N-dealkylation sites (tertiary alicyclic amines) is 2. The van der Waals surface area contributed by atoms with Gasteiger partial charge in [-0.25, -0.2) is 4.79 Å². The second kappa shape index (κ2) is 22.1. The van der Waals surface area contributed by atoms with Crippen molar-refractivity contribution in [1.29, 1.82) is 10.8 Å².